The fourth-order valence-corrected chi connectivity index (χ4v) is 5.53. The molecule has 3 aromatic carbocycles. The van der Waals surface area contributed by atoms with Gasteiger partial charge in [-0.05, 0) is 69.7 Å². The first-order chi connectivity index (χ1) is 19.4. The van der Waals surface area contributed by atoms with Crippen LogP contribution in [0.25, 0.3) is 0 Å². The van der Waals surface area contributed by atoms with Crippen LogP contribution in [0.4, 0.5) is 10.1 Å². The average Bonchev–Trinajstić information content (AvgIpc) is 2.94. The van der Waals surface area contributed by atoms with Crippen LogP contribution in [0.1, 0.15) is 31.9 Å². The van der Waals surface area contributed by atoms with Gasteiger partial charge in [0.2, 0.25) is 11.8 Å². The van der Waals surface area contributed by atoms with E-state index in [0.717, 1.165) is 9.87 Å². The molecule has 3 aromatic rings. The SMILES string of the molecule is COc1ccc(OC)c(N(CC(=O)N(Cc2ccc(F)cc2)C(C)C(=O)NC(C)C)S(=O)(=O)c2ccc(C)cc2)c1. The molecule has 0 saturated heterocycles. The molecule has 0 saturated carbocycles. The van der Waals surface area contributed by atoms with Gasteiger partial charge in [-0.2, -0.15) is 0 Å². The lowest BCUT2D eigenvalue weighted by molar-refractivity contribution is -0.139. The standard InChI is InChI=1S/C30H36FN3O6S/c1-20(2)32-30(36)22(4)33(18-23-9-11-24(31)12-10-23)29(35)19-34(27-17-25(39-5)13-16-28(27)40-6)41(37,38)26-14-7-21(3)8-15-26/h7-17,20,22H,18-19H2,1-6H3,(H,32,36). The number of sulfonamides is 1. The Kier molecular flexibility index (Phi) is 10.3. The minimum Gasteiger partial charge on any atom is -0.497 e. The van der Waals surface area contributed by atoms with Gasteiger partial charge in [-0.15, -0.1) is 0 Å². The molecule has 1 N–H and O–H groups in total. The number of methoxy groups -OCH3 is 2. The van der Waals surface area contributed by atoms with Gasteiger partial charge in [0.05, 0.1) is 24.8 Å². The molecule has 220 valence electrons. The van der Waals surface area contributed by atoms with Crippen molar-refractivity contribution in [3.63, 3.8) is 0 Å². The Balaban J connectivity index is 2.12. The lowest BCUT2D eigenvalue weighted by atomic mass is 10.1. The van der Waals surface area contributed by atoms with E-state index in [1.165, 1.54) is 61.6 Å². The van der Waals surface area contributed by atoms with Crippen LogP contribution < -0.4 is 19.1 Å². The highest BCUT2D eigenvalue weighted by Gasteiger charge is 2.34. The van der Waals surface area contributed by atoms with E-state index >= 15 is 0 Å². The predicted molar refractivity (Wildman–Crippen MR) is 155 cm³/mol. The Bertz CT molecular complexity index is 1460. The Labute approximate surface area is 240 Å². The number of hydrogen-bond donors (Lipinski definition) is 1. The summed E-state index contributed by atoms with van der Waals surface area (Å²) in [6, 6.07) is 15.2. The zero-order chi connectivity index (χ0) is 30.3. The number of halogens is 1. The smallest absolute Gasteiger partial charge is 0.264 e. The van der Waals surface area contributed by atoms with Crippen LogP contribution in [0.2, 0.25) is 0 Å². The number of hydrogen-bond acceptors (Lipinski definition) is 6. The molecule has 1 unspecified atom stereocenters. The molecule has 0 fully saturated rings. The fraction of sp³-hybridized carbons (Fsp3) is 0.333. The lowest BCUT2D eigenvalue weighted by Gasteiger charge is -2.32. The van der Waals surface area contributed by atoms with Crippen LogP contribution in [0.15, 0.2) is 71.6 Å². The first kappa shape index (κ1) is 31.4. The van der Waals surface area contributed by atoms with E-state index in [2.05, 4.69) is 5.32 Å². The highest BCUT2D eigenvalue weighted by molar-refractivity contribution is 7.92. The molecule has 11 heteroatoms. The van der Waals surface area contributed by atoms with Crippen molar-refractivity contribution >= 4 is 27.5 Å². The third kappa shape index (κ3) is 7.75. The maximum atomic E-state index is 14.1. The largest absolute Gasteiger partial charge is 0.497 e. The third-order valence-corrected chi connectivity index (χ3v) is 8.18. The van der Waals surface area contributed by atoms with Gasteiger partial charge in [0.1, 0.15) is 29.9 Å². The summed E-state index contributed by atoms with van der Waals surface area (Å²) in [6.07, 6.45) is 0. The zero-order valence-corrected chi connectivity index (χ0v) is 24.9. The van der Waals surface area contributed by atoms with Gasteiger partial charge in [-0.1, -0.05) is 29.8 Å². The summed E-state index contributed by atoms with van der Waals surface area (Å²) in [5.74, 6) is -0.962. The van der Waals surface area contributed by atoms with Gasteiger partial charge in [0.15, 0.2) is 0 Å². The van der Waals surface area contributed by atoms with E-state index in [9.17, 15) is 22.4 Å². The molecule has 0 bridgehead atoms. The number of aryl methyl sites for hydroxylation is 1. The number of ether oxygens (including phenoxy) is 2. The maximum absolute atomic E-state index is 14.1. The third-order valence-electron chi connectivity index (χ3n) is 6.41. The summed E-state index contributed by atoms with van der Waals surface area (Å²) < 4.78 is 53.4. The van der Waals surface area contributed by atoms with Gasteiger partial charge in [-0.3, -0.25) is 13.9 Å². The van der Waals surface area contributed by atoms with Gasteiger partial charge >= 0.3 is 0 Å². The molecule has 1 atom stereocenters. The summed E-state index contributed by atoms with van der Waals surface area (Å²) in [6.45, 7) is 6.27. The first-order valence-corrected chi connectivity index (χ1v) is 14.5. The Morgan fingerprint density at radius 3 is 2.12 bits per heavy atom. The van der Waals surface area contributed by atoms with Crippen LogP contribution in [0.5, 0.6) is 11.5 Å². The topological polar surface area (TPSA) is 105 Å². The zero-order valence-electron chi connectivity index (χ0n) is 24.0. The highest BCUT2D eigenvalue weighted by atomic mass is 32.2. The number of carbonyl (C=O) groups is 2. The van der Waals surface area contributed by atoms with Gasteiger partial charge < -0.3 is 19.7 Å². The molecule has 0 heterocycles. The Hall–Kier alpha value is -4.12. The second kappa shape index (κ2) is 13.5. The molecule has 0 spiro atoms. The van der Waals surface area contributed by atoms with Crippen LogP contribution in [0, 0.1) is 12.7 Å². The quantitative estimate of drug-likeness (QED) is 0.340. The van der Waals surface area contributed by atoms with E-state index in [1.54, 1.807) is 45.0 Å². The van der Waals surface area contributed by atoms with E-state index < -0.39 is 40.2 Å². The van der Waals surface area contributed by atoms with Gasteiger partial charge in [0, 0.05) is 18.7 Å². The van der Waals surface area contributed by atoms with E-state index in [-0.39, 0.29) is 28.9 Å². The number of carbonyl (C=O) groups excluding carboxylic acids is 2. The van der Waals surface area contributed by atoms with Gasteiger partial charge in [0.25, 0.3) is 10.0 Å². The number of rotatable bonds is 12. The lowest BCUT2D eigenvalue weighted by Crippen LogP contribution is -2.52. The number of nitrogens with zero attached hydrogens (tertiary/aromatic N) is 2. The van der Waals surface area contributed by atoms with Gasteiger partial charge in [-0.25, -0.2) is 12.8 Å². The molecule has 41 heavy (non-hydrogen) atoms. The van der Waals surface area contributed by atoms with Crippen LogP contribution in [-0.4, -0.2) is 58.0 Å². The molecule has 0 aliphatic carbocycles. The molecular weight excluding hydrogens is 549 g/mol. The van der Waals surface area contributed by atoms with Crippen LogP contribution in [-0.2, 0) is 26.2 Å². The molecule has 3 rings (SSSR count). The van der Waals surface area contributed by atoms with E-state index in [1.807, 2.05) is 6.92 Å². The Morgan fingerprint density at radius 1 is 0.927 bits per heavy atom. The van der Waals surface area contributed by atoms with E-state index in [0.29, 0.717) is 11.3 Å². The minimum atomic E-state index is -4.30. The van der Waals surface area contributed by atoms with Crippen LogP contribution >= 0.6 is 0 Å². The molecule has 2 amide bonds. The summed E-state index contributed by atoms with van der Waals surface area (Å²) in [5.41, 5.74) is 1.51. The average molecular weight is 586 g/mol. The number of amides is 2. The first-order valence-electron chi connectivity index (χ1n) is 13.0. The summed E-state index contributed by atoms with van der Waals surface area (Å²) in [5, 5.41) is 2.79. The van der Waals surface area contributed by atoms with Crippen molar-refractivity contribution in [3.8, 4) is 11.5 Å². The van der Waals surface area contributed by atoms with Crippen molar-refractivity contribution in [1.82, 2.24) is 10.2 Å². The van der Waals surface area contributed by atoms with Crippen molar-refractivity contribution in [2.75, 3.05) is 25.1 Å². The second-order valence-electron chi connectivity index (χ2n) is 9.85. The Morgan fingerprint density at radius 2 is 1.56 bits per heavy atom. The number of nitrogens with one attached hydrogen (secondary N) is 1. The van der Waals surface area contributed by atoms with Crippen molar-refractivity contribution in [3.05, 3.63) is 83.7 Å². The van der Waals surface area contributed by atoms with Crippen molar-refractivity contribution in [2.24, 2.45) is 0 Å². The van der Waals surface area contributed by atoms with Crippen LogP contribution in [0.3, 0.4) is 0 Å². The number of anilines is 1. The minimum absolute atomic E-state index is 0.0311. The molecule has 0 radical (unpaired) electrons. The molecule has 0 aromatic heterocycles. The summed E-state index contributed by atoms with van der Waals surface area (Å²) >= 11 is 0. The normalized spacial score (nSPS) is 12.0. The summed E-state index contributed by atoms with van der Waals surface area (Å²) in [4.78, 5) is 28.3. The monoisotopic (exact) mass is 585 g/mol. The molecule has 0 aliphatic heterocycles. The summed E-state index contributed by atoms with van der Waals surface area (Å²) in [7, 11) is -1.47. The highest BCUT2D eigenvalue weighted by Crippen LogP contribution is 2.36. The van der Waals surface area contributed by atoms with E-state index in [4.69, 9.17) is 9.47 Å². The van der Waals surface area contributed by atoms with Crippen molar-refractivity contribution in [1.29, 1.82) is 0 Å². The van der Waals surface area contributed by atoms with Crippen molar-refractivity contribution in [2.45, 2.75) is 51.2 Å². The molecule has 0 aliphatic rings. The predicted octanol–water partition coefficient (Wildman–Crippen LogP) is 4.29. The maximum Gasteiger partial charge on any atom is 0.264 e. The molecular formula is C30H36FN3O6S. The second-order valence-corrected chi connectivity index (χ2v) is 11.7. The molecule has 9 nitrogen and oxygen atoms in total. The number of benzene rings is 3. The fourth-order valence-electron chi connectivity index (χ4n) is 4.12. The van der Waals surface area contributed by atoms with Crippen molar-refractivity contribution < 1.29 is 31.9 Å².